The highest BCUT2D eigenvalue weighted by molar-refractivity contribution is 6.20. The van der Waals surface area contributed by atoms with Crippen molar-refractivity contribution in [3.63, 3.8) is 0 Å². The number of aryl methyl sites for hydroxylation is 1. The number of carbonyl (C=O) groups is 1. The molecule has 1 aromatic carbocycles. The first-order chi connectivity index (χ1) is 11.9. The van der Waals surface area contributed by atoms with Gasteiger partial charge in [-0.1, -0.05) is 18.2 Å². The lowest BCUT2D eigenvalue weighted by Crippen LogP contribution is -3.06. The van der Waals surface area contributed by atoms with Gasteiger partial charge in [-0.25, -0.2) is 4.98 Å². The van der Waals surface area contributed by atoms with Gasteiger partial charge in [0.15, 0.2) is 5.69 Å². The number of nitrogens with zero attached hydrogens (tertiary/aromatic N) is 2. The molecule has 0 saturated carbocycles. The van der Waals surface area contributed by atoms with E-state index in [1.54, 1.807) is 6.08 Å². The summed E-state index contributed by atoms with van der Waals surface area (Å²) in [5.41, 5.74) is 3.37. The molecule has 0 saturated heterocycles. The number of hydrogen-bond donors (Lipinski definition) is 2. The van der Waals surface area contributed by atoms with Crippen LogP contribution in [-0.2, 0) is 4.79 Å². The van der Waals surface area contributed by atoms with Gasteiger partial charge in [0.1, 0.15) is 11.7 Å². The number of nitrogens with one attached hydrogen (secondary N) is 2. The third-order valence-electron chi connectivity index (χ3n) is 4.49. The van der Waals surface area contributed by atoms with E-state index < -0.39 is 0 Å². The molecule has 6 heteroatoms. The molecule has 25 heavy (non-hydrogen) atoms. The number of amides is 1. The first-order valence-electron chi connectivity index (χ1n) is 8.48. The molecule has 1 amide bonds. The molecule has 2 unspecified atom stereocenters. The Morgan fingerprint density at radius 2 is 2.16 bits per heavy atom. The van der Waals surface area contributed by atoms with Gasteiger partial charge in [0.05, 0.1) is 11.1 Å². The van der Waals surface area contributed by atoms with Crippen LogP contribution in [-0.4, -0.2) is 49.0 Å². The van der Waals surface area contributed by atoms with E-state index in [0.717, 1.165) is 23.0 Å². The maximum Gasteiger partial charge on any atom is 0.253 e. The second-order valence-corrected chi connectivity index (χ2v) is 6.82. The second-order valence-electron chi connectivity index (χ2n) is 6.82. The predicted octanol–water partition coefficient (Wildman–Crippen LogP) is 1.02. The molecule has 1 aliphatic rings. The molecular weight excluding hydrogens is 316 g/mol. The van der Waals surface area contributed by atoms with Crippen molar-refractivity contribution >= 4 is 28.1 Å². The number of rotatable bonds is 4. The Hall–Kier alpha value is -2.28. The van der Waals surface area contributed by atoms with E-state index in [0.29, 0.717) is 23.5 Å². The summed E-state index contributed by atoms with van der Waals surface area (Å²) in [7, 11) is 3.91. The van der Waals surface area contributed by atoms with Crippen molar-refractivity contribution in [2.24, 2.45) is 0 Å². The minimum atomic E-state index is -0.328. The van der Waals surface area contributed by atoms with Crippen molar-refractivity contribution in [1.82, 2.24) is 15.2 Å². The van der Waals surface area contributed by atoms with Crippen LogP contribution in [0, 0.1) is 12.1 Å². The van der Waals surface area contributed by atoms with E-state index in [9.17, 15) is 10.0 Å². The number of benzene rings is 1. The van der Waals surface area contributed by atoms with E-state index in [-0.39, 0.29) is 17.0 Å². The number of pyridine rings is 1. The Morgan fingerprint density at radius 3 is 2.88 bits per heavy atom. The van der Waals surface area contributed by atoms with Crippen molar-refractivity contribution in [3.05, 3.63) is 46.8 Å². The third-order valence-corrected chi connectivity index (χ3v) is 4.49. The lowest BCUT2D eigenvalue weighted by Gasteiger charge is -2.32. The van der Waals surface area contributed by atoms with Gasteiger partial charge in [0.2, 0.25) is 0 Å². The van der Waals surface area contributed by atoms with Gasteiger partial charge in [0.25, 0.3) is 5.91 Å². The average molecular weight is 340 g/mol. The van der Waals surface area contributed by atoms with E-state index in [1.807, 2.05) is 57.1 Å². The van der Waals surface area contributed by atoms with Crippen LogP contribution < -0.4 is 10.4 Å². The number of fused-ring (bicyclic) bond motifs is 2. The summed E-state index contributed by atoms with van der Waals surface area (Å²) in [5, 5.41) is 16.5. The van der Waals surface area contributed by atoms with Gasteiger partial charge in [-0.05, 0) is 39.6 Å². The Balaban J connectivity index is 2.02. The molecule has 0 spiro atoms. The topological polar surface area (TPSA) is 72.7 Å². The quantitative estimate of drug-likeness (QED) is 0.815. The number of quaternary nitrogens is 1. The maximum absolute atomic E-state index is 12.7. The summed E-state index contributed by atoms with van der Waals surface area (Å²) < 4.78 is 0. The fourth-order valence-electron chi connectivity index (χ4n) is 3.06. The van der Waals surface area contributed by atoms with Gasteiger partial charge in [-0.15, -0.1) is 0 Å². The SMILES string of the molecule is Cc1cccc2cc3c(nc12)C(C(=O)NCCN(C)C)=CC(C)[NH+]3[O-]. The first-order valence-corrected chi connectivity index (χ1v) is 8.48. The maximum atomic E-state index is 12.7. The Morgan fingerprint density at radius 1 is 1.40 bits per heavy atom. The van der Waals surface area contributed by atoms with Crippen LogP contribution in [0.25, 0.3) is 16.5 Å². The monoisotopic (exact) mass is 340 g/mol. The summed E-state index contributed by atoms with van der Waals surface area (Å²) >= 11 is 0. The van der Waals surface area contributed by atoms with Crippen molar-refractivity contribution in [2.45, 2.75) is 19.9 Å². The number of hydrogen-bond acceptors (Lipinski definition) is 4. The summed E-state index contributed by atoms with van der Waals surface area (Å²) in [6, 6.07) is 7.42. The summed E-state index contributed by atoms with van der Waals surface area (Å²) in [4.78, 5) is 19.4. The molecule has 1 aliphatic heterocycles. The Labute approximate surface area is 147 Å². The first kappa shape index (κ1) is 17.5. The van der Waals surface area contributed by atoms with Crippen molar-refractivity contribution < 1.29 is 9.86 Å². The van der Waals surface area contributed by atoms with Crippen LogP contribution in [0.15, 0.2) is 30.3 Å². The molecule has 3 rings (SSSR count). The second kappa shape index (κ2) is 6.92. The zero-order valence-corrected chi connectivity index (χ0v) is 15.1. The molecule has 2 aromatic rings. The molecule has 2 N–H and O–H groups in total. The van der Waals surface area contributed by atoms with Crippen LogP contribution >= 0.6 is 0 Å². The largest absolute Gasteiger partial charge is 0.628 e. The zero-order valence-electron chi connectivity index (χ0n) is 15.1. The average Bonchev–Trinajstić information content (AvgIpc) is 2.57. The van der Waals surface area contributed by atoms with Gasteiger partial charge >= 0.3 is 0 Å². The minimum Gasteiger partial charge on any atom is -0.628 e. The van der Waals surface area contributed by atoms with E-state index in [1.165, 1.54) is 0 Å². The molecule has 6 nitrogen and oxygen atoms in total. The number of para-hydroxylation sites is 1. The zero-order chi connectivity index (χ0) is 18.1. The molecule has 0 radical (unpaired) electrons. The van der Waals surface area contributed by atoms with Crippen LogP contribution in [0.3, 0.4) is 0 Å². The number of hydroxylamine groups is 1. The number of aromatic nitrogens is 1. The predicted molar refractivity (Wildman–Crippen MR) is 99.5 cm³/mol. The molecular formula is C19H24N4O2. The number of likely N-dealkylation sites (N-methyl/N-ethyl adjacent to an activating group) is 1. The number of carbonyl (C=O) groups excluding carboxylic acids is 1. The smallest absolute Gasteiger partial charge is 0.253 e. The highest BCUT2D eigenvalue weighted by Crippen LogP contribution is 2.28. The fraction of sp³-hybridized carbons (Fsp3) is 0.368. The fourth-order valence-corrected chi connectivity index (χ4v) is 3.06. The normalized spacial score (nSPS) is 19.7. The van der Waals surface area contributed by atoms with Gasteiger partial charge in [-0.3, -0.25) is 4.79 Å². The summed E-state index contributed by atoms with van der Waals surface area (Å²) in [6.45, 7) is 5.10. The lowest BCUT2D eigenvalue weighted by molar-refractivity contribution is -0.796. The molecule has 0 bridgehead atoms. The van der Waals surface area contributed by atoms with E-state index in [4.69, 9.17) is 0 Å². The van der Waals surface area contributed by atoms with Crippen LogP contribution in [0.1, 0.15) is 18.2 Å². The van der Waals surface area contributed by atoms with Crippen molar-refractivity contribution in [2.75, 3.05) is 27.2 Å². The van der Waals surface area contributed by atoms with Crippen LogP contribution in [0.5, 0.6) is 0 Å². The highest BCUT2D eigenvalue weighted by atomic mass is 16.5. The summed E-state index contributed by atoms with van der Waals surface area (Å²) in [6.07, 6.45) is 1.73. The Kier molecular flexibility index (Phi) is 4.85. The molecule has 2 heterocycles. The Bertz CT molecular complexity index is 845. The van der Waals surface area contributed by atoms with Crippen molar-refractivity contribution in [3.8, 4) is 0 Å². The van der Waals surface area contributed by atoms with Gasteiger partial charge in [0, 0.05) is 24.5 Å². The van der Waals surface area contributed by atoms with E-state index >= 15 is 0 Å². The summed E-state index contributed by atoms with van der Waals surface area (Å²) in [5.74, 6) is -0.178. The van der Waals surface area contributed by atoms with Crippen molar-refractivity contribution in [1.29, 1.82) is 0 Å². The van der Waals surface area contributed by atoms with Crippen LogP contribution in [0.4, 0.5) is 5.69 Å². The molecule has 132 valence electrons. The van der Waals surface area contributed by atoms with Crippen LogP contribution in [0.2, 0.25) is 0 Å². The molecule has 0 aliphatic carbocycles. The van der Waals surface area contributed by atoms with E-state index in [2.05, 4.69) is 10.3 Å². The van der Waals surface area contributed by atoms with Gasteiger partial charge in [-0.2, -0.15) is 0 Å². The van der Waals surface area contributed by atoms with Gasteiger partial charge < -0.3 is 20.5 Å². The molecule has 2 atom stereocenters. The minimum absolute atomic E-state index is 0.00995. The third kappa shape index (κ3) is 3.42. The molecule has 0 fully saturated rings. The molecule has 1 aromatic heterocycles. The highest BCUT2D eigenvalue weighted by Gasteiger charge is 2.29. The standard InChI is InChI=1S/C19H24N4O2/c1-12-6-5-7-14-11-16-18(21-17(12)14)15(10-13(2)23(16)25)19(24)20-8-9-22(3)4/h5-7,10-11,13,23H,8-9H2,1-4H3,(H,20,24). The lowest BCUT2D eigenvalue weighted by atomic mass is 9.99.